The summed E-state index contributed by atoms with van der Waals surface area (Å²) in [5.41, 5.74) is 3.06. The Bertz CT molecular complexity index is 1010. The highest BCUT2D eigenvalue weighted by molar-refractivity contribution is 7.89. The summed E-state index contributed by atoms with van der Waals surface area (Å²) in [5.74, 6) is 0.362. The molecule has 0 radical (unpaired) electrons. The summed E-state index contributed by atoms with van der Waals surface area (Å²) in [6, 6.07) is 18.4. The van der Waals surface area contributed by atoms with Crippen LogP contribution >= 0.6 is 0 Å². The molecule has 8 heteroatoms. The molecule has 27 heavy (non-hydrogen) atoms. The normalized spacial score (nSPS) is 11.1. The molecule has 0 aliphatic carbocycles. The van der Waals surface area contributed by atoms with Gasteiger partial charge in [0.15, 0.2) is 5.76 Å². The molecular formula is C19H18N2O5S. The third-order valence-corrected chi connectivity index (χ3v) is 4.90. The van der Waals surface area contributed by atoms with Crippen molar-refractivity contribution in [3.63, 3.8) is 0 Å². The predicted molar refractivity (Wildman–Crippen MR) is 98.4 cm³/mol. The molecule has 1 heterocycles. The monoisotopic (exact) mass is 386 g/mol. The average Bonchev–Trinajstić information content (AvgIpc) is 3.15. The third-order valence-electron chi connectivity index (χ3n) is 3.64. The highest BCUT2D eigenvalue weighted by atomic mass is 32.2. The van der Waals surface area contributed by atoms with Gasteiger partial charge >= 0.3 is 5.91 Å². The molecule has 0 aliphatic rings. The Morgan fingerprint density at radius 1 is 1.00 bits per heavy atom. The quantitative estimate of drug-likeness (QED) is 0.609. The Labute approximate surface area is 157 Å². The van der Waals surface area contributed by atoms with Gasteiger partial charge in [0, 0.05) is 0 Å². The molecule has 3 rings (SSSR count). The lowest BCUT2D eigenvalue weighted by Crippen LogP contribution is -2.41. The summed E-state index contributed by atoms with van der Waals surface area (Å²) < 4.78 is 35.2. The minimum atomic E-state index is -3.87. The number of rotatable bonds is 7. The van der Waals surface area contributed by atoms with E-state index in [1.54, 1.807) is 30.3 Å². The van der Waals surface area contributed by atoms with Gasteiger partial charge < -0.3 is 9.15 Å². The minimum absolute atomic E-state index is 0.0340. The number of hydrogen-bond acceptors (Lipinski definition) is 5. The lowest BCUT2D eigenvalue weighted by molar-refractivity contribution is 0.0913. The van der Waals surface area contributed by atoms with E-state index in [9.17, 15) is 13.2 Å². The molecule has 0 atom stereocenters. The van der Waals surface area contributed by atoms with Crippen molar-refractivity contribution in [3.05, 3.63) is 83.8 Å². The van der Waals surface area contributed by atoms with Gasteiger partial charge in [-0.25, -0.2) is 8.42 Å². The van der Waals surface area contributed by atoms with Crippen molar-refractivity contribution in [2.45, 2.75) is 18.4 Å². The first-order chi connectivity index (χ1) is 12.9. The molecule has 2 N–H and O–H groups in total. The molecule has 2 aromatic carbocycles. The van der Waals surface area contributed by atoms with Crippen LogP contribution in [0.3, 0.4) is 0 Å². The smallest absolute Gasteiger partial charge is 0.301 e. The molecule has 0 saturated carbocycles. The fourth-order valence-electron chi connectivity index (χ4n) is 2.20. The summed E-state index contributed by atoms with van der Waals surface area (Å²) in [5, 5.41) is 0. The Balaban J connectivity index is 1.57. The van der Waals surface area contributed by atoms with Gasteiger partial charge in [-0.2, -0.15) is 0 Å². The maximum Gasteiger partial charge on any atom is 0.301 e. The van der Waals surface area contributed by atoms with Crippen LogP contribution in [0.25, 0.3) is 0 Å². The lowest BCUT2D eigenvalue weighted by atomic mass is 10.2. The van der Waals surface area contributed by atoms with E-state index in [1.165, 1.54) is 18.2 Å². The zero-order valence-corrected chi connectivity index (χ0v) is 15.3. The number of hydrazine groups is 1. The second kappa shape index (κ2) is 8.07. The van der Waals surface area contributed by atoms with Gasteiger partial charge in [-0.3, -0.25) is 10.2 Å². The number of furan rings is 1. The fraction of sp³-hybridized carbons (Fsp3) is 0.105. The zero-order valence-electron chi connectivity index (χ0n) is 14.5. The third kappa shape index (κ3) is 4.96. The van der Waals surface area contributed by atoms with E-state index in [0.717, 1.165) is 5.56 Å². The molecule has 0 unspecified atom stereocenters. The molecule has 3 aromatic rings. The standard InChI is InChI=1S/C19H18N2O5S/c1-14-7-10-17(11-8-14)27(23,24)21-20-19(22)18-12-9-16(26-18)13-25-15-5-3-2-4-6-15/h2-12,21H,13H2,1H3,(H,20,22). The molecule has 7 nitrogen and oxygen atoms in total. The summed E-state index contributed by atoms with van der Waals surface area (Å²) in [6.45, 7) is 1.99. The van der Waals surface area contributed by atoms with Crippen LogP contribution in [0.2, 0.25) is 0 Å². The van der Waals surface area contributed by atoms with Gasteiger partial charge in [-0.1, -0.05) is 35.9 Å². The Morgan fingerprint density at radius 3 is 2.41 bits per heavy atom. The number of aryl methyl sites for hydroxylation is 1. The molecule has 0 bridgehead atoms. The first kappa shape index (κ1) is 18.7. The van der Waals surface area contributed by atoms with Gasteiger partial charge in [0.25, 0.3) is 10.0 Å². The molecule has 1 aromatic heterocycles. The Morgan fingerprint density at radius 2 is 1.70 bits per heavy atom. The van der Waals surface area contributed by atoms with Crippen LogP contribution in [-0.2, 0) is 16.6 Å². The van der Waals surface area contributed by atoms with Crippen LogP contribution in [0, 0.1) is 6.92 Å². The van der Waals surface area contributed by atoms with E-state index < -0.39 is 15.9 Å². The first-order valence-corrected chi connectivity index (χ1v) is 9.58. The van der Waals surface area contributed by atoms with Gasteiger partial charge in [0.2, 0.25) is 0 Å². The summed E-state index contributed by atoms with van der Waals surface area (Å²) in [6.07, 6.45) is 0. The molecule has 0 spiro atoms. The van der Waals surface area contributed by atoms with Crippen molar-refractivity contribution < 1.29 is 22.4 Å². The van der Waals surface area contributed by atoms with Crippen LogP contribution in [0.15, 0.2) is 76.0 Å². The zero-order chi connectivity index (χ0) is 19.3. The van der Waals surface area contributed by atoms with Gasteiger partial charge in [0.1, 0.15) is 18.1 Å². The number of amides is 1. The second-order valence-electron chi connectivity index (χ2n) is 5.74. The van der Waals surface area contributed by atoms with Gasteiger partial charge in [-0.15, -0.1) is 4.83 Å². The SMILES string of the molecule is Cc1ccc(S(=O)(=O)NNC(=O)c2ccc(COc3ccccc3)o2)cc1. The van der Waals surface area contributed by atoms with E-state index >= 15 is 0 Å². The molecule has 0 saturated heterocycles. The van der Waals surface area contributed by atoms with E-state index in [1.807, 2.05) is 30.0 Å². The van der Waals surface area contributed by atoms with Gasteiger partial charge in [0.05, 0.1) is 4.90 Å². The van der Waals surface area contributed by atoms with Crippen molar-refractivity contribution in [2.24, 2.45) is 0 Å². The summed E-state index contributed by atoms with van der Waals surface area (Å²) >= 11 is 0. The van der Waals surface area contributed by atoms with Crippen molar-refractivity contribution in [1.82, 2.24) is 10.3 Å². The number of carbonyl (C=O) groups excluding carboxylic acids is 1. The van der Waals surface area contributed by atoms with Crippen molar-refractivity contribution in [2.75, 3.05) is 0 Å². The second-order valence-corrected chi connectivity index (χ2v) is 7.42. The minimum Gasteiger partial charge on any atom is -0.486 e. The van der Waals surface area contributed by atoms with Crippen LogP contribution in [-0.4, -0.2) is 14.3 Å². The van der Waals surface area contributed by atoms with Crippen LogP contribution in [0.1, 0.15) is 21.9 Å². The van der Waals surface area contributed by atoms with Crippen LogP contribution in [0.5, 0.6) is 5.75 Å². The Kier molecular flexibility index (Phi) is 5.58. The number of ether oxygens (including phenoxy) is 1. The number of hydrogen-bond donors (Lipinski definition) is 2. The largest absolute Gasteiger partial charge is 0.486 e. The highest BCUT2D eigenvalue weighted by Gasteiger charge is 2.17. The topological polar surface area (TPSA) is 97.6 Å². The molecule has 0 aliphatic heterocycles. The number of sulfonamides is 1. The number of benzene rings is 2. The predicted octanol–water partition coefficient (Wildman–Crippen LogP) is 2.79. The van der Waals surface area contributed by atoms with E-state index in [-0.39, 0.29) is 17.3 Å². The molecular weight excluding hydrogens is 368 g/mol. The lowest BCUT2D eigenvalue weighted by Gasteiger charge is -2.07. The number of carbonyl (C=O) groups is 1. The summed E-state index contributed by atoms with van der Waals surface area (Å²) in [7, 11) is -3.87. The maximum absolute atomic E-state index is 12.2. The maximum atomic E-state index is 12.2. The highest BCUT2D eigenvalue weighted by Crippen LogP contribution is 2.14. The number of para-hydroxylation sites is 1. The number of nitrogens with one attached hydrogen (secondary N) is 2. The average molecular weight is 386 g/mol. The molecule has 140 valence electrons. The van der Waals surface area contributed by atoms with E-state index in [2.05, 4.69) is 5.43 Å². The molecule has 1 amide bonds. The Hall–Kier alpha value is -3.10. The van der Waals surface area contributed by atoms with Crippen LogP contribution < -0.4 is 15.0 Å². The van der Waals surface area contributed by atoms with Gasteiger partial charge in [-0.05, 0) is 43.3 Å². The van der Waals surface area contributed by atoms with E-state index in [0.29, 0.717) is 11.5 Å². The van der Waals surface area contributed by atoms with Crippen molar-refractivity contribution >= 4 is 15.9 Å². The molecule has 0 fully saturated rings. The fourth-order valence-corrected chi connectivity index (χ4v) is 3.04. The van der Waals surface area contributed by atoms with E-state index in [4.69, 9.17) is 9.15 Å². The van der Waals surface area contributed by atoms with Crippen molar-refractivity contribution in [3.8, 4) is 5.75 Å². The first-order valence-electron chi connectivity index (χ1n) is 8.09. The van der Waals surface area contributed by atoms with Crippen LogP contribution in [0.4, 0.5) is 0 Å². The van der Waals surface area contributed by atoms with Crippen molar-refractivity contribution in [1.29, 1.82) is 0 Å². The summed E-state index contributed by atoms with van der Waals surface area (Å²) in [4.78, 5) is 14.2.